The van der Waals surface area contributed by atoms with Crippen molar-refractivity contribution in [1.82, 2.24) is 4.98 Å². The molecular formula is C31H30N2O7S. The minimum Gasteiger partial charge on any atom is -0.507 e. The molecule has 0 aliphatic carbocycles. The molecule has 212 valence electrons. The van der Waals surface area contributed by atoms with E-state index in [0.717, 1.165) is 22.6 Å². The highest BCUT2D eigenvalue weighted by atomic mass is 32.1. The number of benzene rings is 2. The predicted molar refractivity (Wildman–Crippen MR) is 155 cm³/mol. The summed E-state index contributed by atoms with van der Waals surface area (Å²) >= 11 is 1.03. The molecular weight excluding hydrogens is 544 g/mol. The highest BCUT2D eigenvalue weighted by Gasteiger charge is 2.48. The standard InChI is InChI=1S/C31H30N2O7S/c1-6-12-39-23-11-8-19(15-24(23)38-7-2)26-25(27(35)20-9-10-22-21(14-20)13-16(3)40-22)28(36)30(37)33(26)31-32-17(4)29(41-31)18(5)34/h6,8-11,14-16,26,35H,1,7,12-13H2,2-5H3/b27-25+/t16-,26-/m1/s1. The Morgan fingerprint density at radius 3 is 2.68 bits per heavy atom. The summed E-state index contributed by atoms with van der Waals surface area (Å²) in [5, 5.41) is 11.8. The van der Waals surface area contributed by atoms with Gasteiger partial charge in [-0.15, -0.1) is 0 Å². The van der Waals surface area contributed by atoms with Gasteiger partial charge in [0.2, 0.25) is 0 Å². The number of Topliss-reactive ketones (excluding diaryl/α,β-unsaturated/α-hetero) is 2. The minimum absolute atomic E-state index is 0.00426. The number of nitrogens with zero attached hydrogens (tertiary/aromatic N) is 2. The fourth-order valence-corrected chi connectivity index (χ4v) is 6.10. The topological polar surface area (TPSA) is 115 Å². The van der Waals surface area contributed by atoms with Crippen molar-refractivity contribution in [3.63, 3.8) is 0 Å². The number of aliphatic hydroxyl groups is 1. The zero-order chi connectivity index (χ0) is 29.4. The third-order valence-electron chi connectivity index (χ3n) is 6.87. The van der Waals surface area contributed by atoms with Gasteiger partial charge in [-0.1, -0.05) is 30.1 Å². The van der Waals surface area contributed by atoms with Crippen molar-refractivity contribution >= 4 is 39.7 Å². The number of anilines is 1. The van der Waals surface area contributed by atoms with Crippen LogP contribution in [-0.2, 0) is 16.0 Å². The number of hydrogen-bond donors (Lipinski definition) is 1. The molecule has 1 aromatic heterocycles. The summed E-state index contributed by atoms with van der Waals surface area (Å²) in [7, 11) is 0. The van der Waals surface area contributed by atoms with Crippen molar-refractivity contribution in [2.75, 3.05) is 18.1 Å². The molecule has 10 heteroatoms. The second-order valence-electron chi connectivity index (χ2n) is 9.83. The van der Waals surface area contributed by atoms with Gasteiger partial charge in [0.1, 0.15) is 24.2 Å². The van der Waals surface area contributed by atoms with Gasteiger partial charge in [-0.3, -0.25) is 19.3 Å². The fourth-order valence-electron chi connectivity index (χ4n) is 5.11. The summed E-state index contributed by atoms with van der Waals surface area (Å²) in [6.45, 7) is 11.2. The zero-order valence-electron chi connectivity index (χ0n) is 23.2. The summed E-state index contributed by atoms with van der Waals surface area (Å²) in [5.41, 5.74) is 2.14. The Hall–Kier alpha value is -4.44. The fraction of sp³-hybridized carbons (Fsp3) is 0.290. The van der Waals surface area contributed by atoms with Crippen molar-refractivity contribution in [2.45, 2.75) is 46.3 Å². The zero-order valence-corrected chi connectivity index (χ0v) is 24.0. The summed E-state index contributed by atoms with van der Waals surface area (Å²) in [6.07, 6.45) is 2.26. The lowest BCUT2D eigenvalue weighted by atomic mass is 9.94. The third-order valence-corrected chi connectivity index (χ3v) is 8.12. The summed E-state index contributed by atoms with van der Waals surface area (Å²) < 4.78 is 17.4. The van der Waals surface area contributed by atoms with E-state index in [1.807, 2.05) is 13.8 Å². The minimum atomic E-state index is -1.04. The molecule has 3 heterocycles. The van der Waals surface area contributed by atoms with Crippen LogP contribution in [-0.4, -0.2) is 46.9 Å². The summed E-state index contributed by atoms with van der Waals surface area (Å²) in [6, 6.07) is 9.23. The normalized spacial score (nSPS) is 19.2. The second kappa shape index (κ2) is 11.2. The molecule has 1 fully saturated rings. The van der Waals surface area contributed by atoms with Gasteiger partial charge in [-0.25, -0.2) is 4.98 Å². The lowest BCUT2D eigenvalue weighted by Gasteiger charge is -2.24. The number of amides is 1. The lowest BCUT2D eigenvalue weighted by Crippen LogP contribution is -2.29. The monoisotopic (exact) mass is 574 g/mol. The van der Waals surface area contributed by atoms with Crippen LogP contribution in [0.15, 0.2) is 54.6 Å². The van der Waals surface area contributed by atoms with Gasteiger partial charge >= 0.3 is 5.91 Å². The van der Waals surface area contributed by atoms with E-state index in [1.165, 1.54) is 11.8 Å². The molecule has 2 aliphatic rings. The number of thiazole rings is 1. The number of fused-ring (bicyclic) bond motifs is 1. The van der Waals surface area contributed by atoms with Gasteiger partial charge in [0.15, 0.2) is 22.4 Å². The number of hydrogen-bond acceptors (Lipinski definition) is 9. The average Bonchev–Trinajstić information content (AvgIpc) is 3.59. The number of ketones is 2. The van der Waals surface area contributed by atoms with E-state index < -0.39 is 17.7 Å². The van der Waals surface area contributed by atoms with E-state index in [4.69, 9.17) is 14.2 Å². The Labute approximate surface area is 241 Å². The van der Waals surface area contributed by atoms with Gasteiger partial charge in [0.25, 0.3) is 5.78 Å². The van der Waals surface area contributed by atoms with E-state index in [0.29, 0.717) is 46.2 Å². The largest absolute Gasteiger partial charge is 0.507 e. The van der Waals surface area contributed by atoms with Crippen molar-refractivity contribution in [3.8, 4) is 17.2 Å². The smallest absolute Gasteiger partial charge is 0.301 e. The SMILES string of the molecule is C=CCOc1ccc([C@@H]2/C(=C(\O)c3ccc4c(c3)C[C@@H](C)O4)C(=O)C(=O)N2c2nc(C)c(C(C)=O)s2)cc1OCC. The maximum absolute atomic E-state index is 13.6. The number of rotatable bonds is 9. The first kappa shape index (κ1) is 28.1. The second-order valence-corrected chi connectivity index (χ2v) is 10.8. The third kappa shape index (κ3) is 5.11. The molecule has 3 aromatic rings. The number of carbonyl (C=O) groups is 3. The van der Waals surface area contributed by atoms with Crippen LogP contribution in [0.2, 0.25) is 0 Å². The molecule has 0 radical (unpaired) electrons. The van der Waals surface area contributed by atoms with E-state index in [-0.39, 0.29) is 35.0 Å². The van der Waals surface area contributed by atoms with Crippen LogP contribution in [0.4, 0.5) is 5.13 Å². The Kier molecular flexibility index (Phi) is 7.68. The Bertz CT molecular complexity index is 1610. The molecule has 2 atom stereocenters. The van der Waals surface area contributed by atoms with Crippen molar-refractivity contribution in [3.05, 3.63) is 81.9 Å². The lowest BCUT2D eigenvalue weighted by molar-refractivity contribution is -0.132. The Morgan fingerprint density at radius 2 is 2.00 bits per heavy atom. The first-order valence-electron chi connectivity index (χ1n) is 13.2. The van der Waals surface area contributed by atoms with Gasteiger partial charge in [0.05, 0.1) is 28.8 Å². The van der Waals surface area contributed by atoms with Gasteiger partial charge in [0, 0.05) is 18.9 Å². The van der Waals surface area contributed by atoms with Gasteiger partial charge < -0.3 is 19.3 Å². The summed E-state index contributed by atoms with van der Waals surface area (Å²) in [4.78, 5) is 45.5. The first-order chi connectivity index (χ1) is 19.6. The quantitative estimate of drug-likeness (QED) is 0.116. The van der Waals surface area contributed by atoms with Crippen LogP contribution in [0.3, 0.4) is 0 Å². The van der Waals surface area contributed by atoms with Crippen LogP contribution in [0, 0.1) is 6.92 Å². The molecule has 0 bridgehead atoms. The number of carbonyl (C=O) groups excluding carboxylic acids is 3. The molecule has 1 amide bonds. The molecule has 2 aromatic carbocycles. The van der Waals surface area contributed by atoms with Crippen LogP contribution < -0.4 is 19.1 Å². The average molecular weight is 575 g/mol. The highest BCUT2D eigenvalue weighted by Crippen LogP contribution is 2.46. The number of aryl methyl sites for hydroxylation is 1. The van der Waals surface area contributed by atoms with E-state index in [1.54, 1.807) is 49.4 Å². The Balaban J connectivity index is 1.70. The van der Waals surface area contributed by atoms with Crippen molar-refractivity contribution in [1.29, 1.82) is 0 Å². The van der Waals surface area contributed by atoms with E-state index >= 15 is 0 Å². The van der Waals surface area contributed by atoms with Crippen LogP contribution in [0.5, 0.6) is 17.2 Å². The first-order valence-corrected chi connectivity index (χ1v) is 14.1. The van der Waals surface area contributed by atoms with Crippen molar-refractivity contribution < 1.29 is 33.7 Å². The molecule has 0 unspecified atom stereocenters. The molecule has 0 saturated carbocycles. The number of ether oxygens (including phenoxy) is 3. The van der Waals surface area contributed by atoms with Crippen LogP contribution >= 0.6 is 11.3 Å². The van der Waals surface area contributed by atoms with E-state index in [2.05, 4.69) is 11.6 Å². The summed E-state index contributed by atoms with van der Waals surface area (Å²) in [5.74, 6) is -0.648. The van der Waals surface area contributed by atoms with Gasteiger partial charge in [-0.05, 0) is 62.2 Å². The van der Waals surface area contributed by atoms with E-state index in [9.17, 15) is 19.5 Å². The molecule has 1 saturated heterocycles. The molecule has 41 heavy (non-hydrogen) atoms. The Morgan fingerprint density at radius 1 is 1.22 bits per heavy atom. The molecule has 0 spiro atoms. The number of aromatic nitrogens is 1. The highest BCUT2D eigenvalue weighted by molar-refractivity contribution is 7.18. The number of aliphatic hydroxyl groups excluding tert-OH is 1. The maximum Gasteiger partial charge on any atom is 0.301 e. The molecule has 9 nitrogen and oxygen atoms in total. The molecule has 2 aliphatic heterocycles. The predicted octanol–water partition coefficient (Wildman–Crippen LogP) is 5.57. The van der Waals surface area contributed by atoms with Crippen LogP contribution in [0.25, 0.3) is 5.76 Å². The van der Waals surface area contributed by atoms with Crippen molar-refractivity contribution in [2.24, 2.45) is 0 Å². The van der Waals surface area contributed by atoms with Crippen LogP contribution in [0.1, 0.15) is 58.9 Å². The van der Waals surface area contributed by atoms with Gasteiger partial charge in [-0.2, -0.15) is 0 Å². The molecule has 1 N–H and O–H groups in total. The maximum atomic E-state index is 13.6. The molecule has 5 rings (SSSR count).